The van der Waals surface area contributed by atoms with Gasteiger partial charge in [-0.2, -0.15) is 0 Å². The van der Waals surface area contributed by atoms with E-state index in [1.807, 2.05) is 30.3 Å². The number of aromatic nitrogens is 1. The number of halogens is 2. The second-order valence-corrected chi connectivity index (χ2v) is 7.79. The van der Waals surface area contributed by atoms with E-state index in [0.717, 1.165) is 54.0 Å². The van der Waals surface area contributed by atoms with Crippen LogP contribution in [0, 0.1) is 0 Å². The van der Waals surface area contributed by atoms with E-state index in [9.17, 15) is 8.78 Å². The van der Waals surface area contributed by atoms with Gasteiger partial charge in [-0.15, -0.1) is 0 Å². The molecule has 6 heteroatoms. The average Bonchev–Trinajstić information content (AvgIpc) is 2.93. The Morgan fingerprint density at radius 2 is 1.90 bits per heavy atom. The van der Waals surface area contributed by atoms with Gasteiger partial charge in [-0.1, -0.05) is 36.9 Å². The van der Waals surface area contributed by atoms with Crippen LogP contribution in [0.15, 0.2) is 79.3 Å². The molecule has 0 amide bonds. The van der Waals surface area contributed by atoms with Gasteiger partial charge in [0, 0.05) is 31.6 Å². The first-order valence-corrected chi connectivity index (χ1v) is 9.97. The number of nitrogens with zero attached hydrogens (tertiary/aromatic N) is 3. The van der Waals surface area contributed by atoms with Crippen molar-refractivity contribution in [3.63, 3.8) is 0 Å². The maximum atomic E-state index is 13.8. The molecular weight excluding hydrogens is 382 g/mol. The van der Waals surface area contributed by atoms with Crippen molar-refractivity contribution in [3.8, 4) is 11.1 Å². The van der Waals surface area contributed by atoms with E-state index in [4.69, 9.17) is 0 Å². The highest BCUT2D eigenvalue weighted by molar-refractivity contribution is 5.86. The lowest BCUT2D eigenvalue weighted by Crippen LogP contribution is -2.53. The van der Waals surface area contributed by atoms with E-state index in [0.29, 0.717) is 0 Å². The Labute approximate surface area is 174 Å². The molecule has 1 atom stereocenters. The molecule has 2 aromatic carbocycles. The van der Waals surface area contributed by atoms with Crippen molar-refractivity contribution in [1.29, 1.82) is 0 Å². The maximum Gasteiger partial charge on any atom is 0.270 e. The van der Waals surface area contributed by atoms with Gasteiger partial charge >= 0.3 is 0 Å². The van der Waals surface area contributed by atoms with Gasteiger partial charge in [0.1, 0.15) is 17.8 Å². The number of anilines is 3. The van der Waals surface area contributed by atoms with Crippen molar-refractivity contribution in [3.05, 3.63) is 84.8 Å². The van der Waals surface area contributed by atoms with Gasteiger partial charge in [0.05, 0.1) is 11.4 Å². The van der Waals surface area contributed by atoms with E-state index >= 15 is 0 Å². The Morgan fingerprint density at radius 1 is 1.07 bits per heavy atom. The molecule has 1 aromatic heterocycles. The number of nitrogens with one attached hydrogen (secondary N) is 1. The van der Waals surface area contributed by atoms with Crippen molar-refractivity contribution < 1.29 is 8.78 Å². The molecule has 2 aliphatic heterocycles. The minimum absolute atomic E-state index is 0.0161. The molecule has 0 radical (unpaired) electrons. The van der Waals surface area contributed by atoms with Crippen molar-refractivity contribution in [2.45, 2.75) is 25.4 Å². The van der Waals surface area contributed by atoms with Crippen LogP contribution in [-0.2, 0) is 5.92 Å². The van der Waals surface area contributed by atoms with Crippen molar-refractivity contribution in [2.24, 2.45) is 0 Å². The van der Waals surface area contributed by atoms with Crippen LogP contribution in [0.2, 0.25) is 0 Å². The lowest BCUT2D eigenvalue weighted by atomic mass is 10.00. The Bertz CT molecular complexity index is 1110. The quantitative estimate of drug-likeness (QED) is 0.582. The van der Waals surface area contributed by atoms with Gasteiger partial charge in [0.2, 0.25) is 0 Å². The fraction of sp³-hybridized carbons (Fsp3) is 0.208. The predicted octanol–water partition coefficient (Wildman–Crippen LogP) is 5.80. The fourth-order valence-electron chi connectivity index (χ4n) is 4.16. The lowest BCUT2D eigenvalue weighted by molar-refractivity contribution is 0.0175. The van der Waals surface area contributed by atoms with Crippen LogP contribution in [0.4, 0.5) is 26.0 Å². The second-order valence-electron chi connectivity index (χ2n) is 7.79. The van der Waals surface area contributed by atoms with Crippen molar-refractivity contribution in [2.75, 3.05) is 21.7 Å². The third kappa shape index (κ3) is 3.09. The number of pyridine rings is 1. The monoisotopic (exact) mass is 404 g/mol. The van der Waals surface area contributed by atoms with Crippen LogP contribution >= 0.6 is 0 Å². The van der Waals surface area contributed by atoms with Gasteiger partial charge in [0.15, 0.2) is 0 Å². The molecule has 0 saturated carbocycles. The molecule has 5 rings (SSSR count). The maximum absolute atomic E-state index is 13.8. The molecule has 4 nitrogen and oxygen atoms in total. The SMILES string of the molecule is C=C(Nc1ccccn1)N1c2cc(-c3cccc(C(C)(F)F)c3)ccc2N2CC[C@@H]21. The molecule has 0 unspecified atom stereocenters. The fourth-order valence-corrected chi connectivity index (χ4v) is 4.16. The Morgan fingerprint density at radius 3 is 2.60 bits per heavy atom. The number of hydrogen-bond acceptors (Lipinski definition) is 4. The van der Waals surface area contributed by atoms with Crippen LogP contribution in [-0.4, -0.2) is 17.7 Å². The molecule has 0 spiro atoms. The first kappa shape index (κ1) is 18.6. The molecular formula is C24H22F2N4. The molecule has 30 heavy (non-hydrogen) atoms. The summed E-state index contributed by atoms with van der Waals surface area (Å²) in [4.78, 5) is 8.83. The first-order chi connectivity index (χ1) is 14.4. The zero-order valence-electron chi connectivity index (χ0n) is 16.6. The van der Waals surface area contributed by atoms with Gasteiger partial charge < -0.3 is 15.1 Å². The summed E-state index contributed by atoms with van der Waals surface area (Å²) in [7, 11) is 0. The third-order valence-corrected chi connectivity index (χ3v) is 5.76. The van der Waals surface area contributed by atoms with Crippen LogP contribution < -0.4 is 15.1 Å². The number of alkyl halides is 2. The van der Waals surface area contributed by atoms with Crippen LogP contribution in [0.1, 0.15) is 18.9 Å². The molecule has 152 valence electrons. The third-order valence-electron chi connectivity index (χ3n) is 5.76. The zero-order valence-corrected chi connectivity index (χ0v) is 16.6. The number of fused-ring (bicyclic) bond motifs is 3. The minimum Gasteiger partial charge on any atom is -0.349 e. The summed E-state index contributed by atoms with van der Waals surface area (Å²) in [5, 5.41) is 3.29. The molecule has 0 bridgehead atoms. The summed E-state index contributed by atoms with van der Waals surface area (Å²) >= 11 is 0. The van der Waals surface area contributed by atoms with E-state index in [1.54, 1.807) is 18.3 Å². The molecule has 1 fully saturated rings. The van der Waals surface area contributed by atoms with Gasteiger partial charge in [-0.25, -0.2) is 13.8 Å². The molecule has 1 saturated heterocycles. The normalized spacial score (nSPS) is 17.2. The highest BCUT2D eigenvalue weighted by Crippen LogP contribution is 2.48. The van der Waals surface area contributed by atoms with Gasteiger partial charge in [0.25, 0.3) is 5.92 Å². The highest BCUT2D eigenvalue weighted by atomic mass is 19.3. The van der Waals surface area contributed by atoms with E-state index in [2.05, 4.69) is 38.8 Å². The van der Waals surface area contributed by atoms with E-state index in [1.165, 1.54) is 6.07 Å². The summed E-state index contributed by atoms with van der Waals surface area (Å²) in [6.07, 6.45) is 2.98. The molecule has 3 aromatic rings. The topological polar surface area (TPSA) is 31.4 Å². The smallest absolute Gasteiger partial charge is 0.270 e. The Balaban J connectivity index is 1.51. The number of benzene rings is 2. The number of rotatable bonds is 5. The minimum atomic E-state index is -2.87. The summed E-state index contributed by atoms with van der Waals surface area (Å²) < 4.78 is 27.6. The summed E-state index contributed by atoms with van der Waals surface area (Å²) in [6, 6.07) is 18.4. The lowest BCUT2D eigenvalue weighted by Gasteiger charge is -2.41. The Hall–Kier alpha value is -3.41. The molecule has 1 N–H and O–H groups in total. The van der Waals surface area contributed by atoms with Gasteiger partial charge in [-0.05, 0) is 41.5 Å². The standard InChI is InChI=1S/C24H22F2N4/c1-16(28-22-8-3-4-12-27-22)30-21-15-18(9-10-20(21)29-13-11-23(29)30)17-6-5-7-19(14-17)24(2,25)26/h3-10,12,14-15,23H,1,11,13H2,2H3,(H,27,28)/t23-/m0/s1. The number of hydrogen-bond donors (Lipinski definition) is 1. The van der Waals surface area contributed by atoms with E-state index < -0.39 is 5.92 Å². The van der Waals surface area contributed by atoms with Crippen molar-refractivity contribution >= 4 is 17.2 Å². The van der Waals surface area contributed by atoms with E-state index in [-0.39, 0.29) is 11.7 Å². The molecule has 2 aliphatic rings. The summed E-state index contributed by atoms with van der Waals surface area (Å²) in [5.41, 5.74) is 3.85. The van der Waals surface area contributed by atoms with Crippen LogP contribution in [0.25, 0.3) is 11.1 Å². The van der Waals surface area contributed by atoms with Crippen LogP contribution in [0.3, 0.4) is 0 Å². The summed E-state index contributed by atoms with van der Waals surface area (Å²) in [6.45, 7) is 6.16. The Kier molecular flexibility index (Phi) is 4.24. The summed E-state index contributed by atoms with van der Waals surface area (Å²) in [5.74, 6) is -1.39. The van der Waals surface area contributed by atoms with Gasteiger partial charge in [-0.3, -0.25) is 0 Å². The highest BCUT2D eigenvalue weighted by Gasteiger charge is 2.43. The van der Waals surface area contributed by atoms with Crippen molar-refractivity contribution in [1.82, 2.24) is 4.98 Å². The predicted molar refractivity (Wildman–Crippen MR) is 117 cm³/mol. The second kappa shape index (κ2) is 6.83. The van der Waals surface area contributed by atoms with Crippen LogP contribution in [0.5, 0.6) is 0 Å². The first-order valence-electron chi connectivity index (χ1n) is 9.97. The molecule has 0 aliphatic carbocycles. The largest absolute Gasteiger partial charge is 0.349 e. The average molecular weight is 404 g/mol. The molecule has 3 heterocycles. The zero-order chi connectivity index (χ0) is 20.9.